The van der Waals surface area contributed by atoms with E-state index in [-0.39, 0.29) is 4.65 Å². The van der Waals surface area contributed by atoms with E-state index < -0.39 is 6.17 Å². The van der Waals surface area contributed by atoms with E-state index in [1.54, 1.807) is 0 Å². The molecule has 0 rings (SSSR count). The molecule has 1 unspecified atom stereocenters. The summed E-state index contributed by atoms with van der Waals surface area (Å²) in [6.45, 7) is 7.17. The van der Waals surface area contributed by atoms with Crippen molar-refractivity contribution in [3.63, 3.8) is 0 Å². The molecule has 0 spiro atoms. The van der Waals surface area contributed by atoms with Gasteiger partial charge in [-0.2, -0.15) is 4.65 Å². The molecule has 0 fully saturated rings. The molecule has 0 bridgehead atoms. The molecule has 1 N–H and O–H groups in total. The van der Waals surface area contributed by atoms with Gasteiger partial charge in [-0.3, -0.25) is 0 Å². The van der Waals surface area contributed by atoms with E-state index >= 15 is 0 Å². The van der Waals surface area contributed by atoms with E-state index in [0.717, 1.165) is 0 Å². The number of hydrogen-bond donors (Lipinski definition) is 1. The lowest BCUT2D eigenvalue weighted by Gasteiger charge is -2.27. The summed E-state index contributed by atoms with van der Waals surface area (Å²) >= 11 is 0. The summed E-state index contributed by atoms with van der Waals surface area (Å²) in [6, 6.07) is 0. The Bertz CT molecular complexity index is 102. The van der Waals surface area contributed by atoms with Gasteiger partial charge in [0.25, 0.3) is 0 Å². The molecule has 0 heterocycles. The number of quaternary nitrogens is 1. The first-order valence-electron chi connectivity index (χ1n) is 4.27. The second kappa shape index (κ2) is 4.67. The van der Waals surface area contributed by atoms with Crippen molar-refractivity contribution < 1.29 is 14.2 Å². The first kappa shape index (κ1) is 10.8. The predicted octanol–water partition coefficient (Wildman–Crippen LogP) is 1.98. The third kappa shape index (κ3) is 4.32. The minimum absolute atomic E-state index is 0.00569. The van der Waals surface area contributed by atoms with Crippen LogP contribution in [0.15, 0.2) is 0 Å². The normalized spacial score (nSPS) is 15.0. The van der Waals surface area contributed by atoms with Gasteiger partial charge in [0.1, 0.15) is 25.8 Å². The van der Waals surface area contributed by atoms with Gasteiger partial charge < -0.3 is 0 Å². The first-order valence-corrected chi connectivity index (χ1v) is 4.27. The molecule has 2 nitrogen and oxygen atoms in total. The fraction of sp³-hybridized carbons (Fsp3) is 1.00. The van der Waals surface area contributed by atoms with Crippen molar-refractivity contribution in [1.82, 2.24) is 0 Å². The lowest BCUT2D eigenvalue weighted by molar-refractivity contribution is -1.10. The minimum atomic E-state index is -0.808. The summed E-state index contributed by atoms with van der Waals surface area (Å²) in [6.07, 6.45) is -0.365. The third-order valence-electron chi connectivity index (χ3n) is 2.12. The van der Waals surface area contributed by atoms with Crippen LogP contribution in [0.5, 0.6) is 0 Å². The Kier molecular flexibility index (Phi) is 4.61. The van der Waals surface area contributed by atoms with Crippen LogP contribution < -0.4 is 0 Å². The van der Waals surface area contributed by atoms with Crippen molar-refractivity contribution in [2.45, 2.75) is 33.4 Å². The smallest absolute Gasteiger partial charge is 0.111 e. The van der Waals surface area contributed by atoms with E-state index in [0.29, 0.717) is 26.1 Å². The number of rotatable bonds is 5. The summed E-state index contributed by atoms with van der Waals surface area (Å²) in [5.41, 5.74) is 0. The van der Waals surface area contributed by atoms with Crippen LogP contribution in [-0.2, 0) is 0 Å². The highest BCUT2D eigenvalue weighted by molar-refractivity contribution is 4.44. The van der Waals surface area contributed by atoms with Gasteiger partial charge in [0.2, 0.25) is 0 Å². The standard InChI is InChI=1S/C8H19FNO/c1-4-10(11,5-2)7-6-8(3)9/h8,11H,4-7H2,1-3H3/q+1. The Morgan fingerprint density at radius 3 is 2.09 bits per heavy atom. The summed E-state index contributed by atoms with van der Waals surface area (Å²) in [7, 11) is 0. The maximum atomic E-state index is 12.4. The van der Waals surface area contributed by atoms with E-state index in [9.17, 15) is 9.60 Å². The van der Waals surface area contributed by atoms with Crippen LogP contribution in [0.1, 0.15) is 27.2 Å². The zero-order chi connectivity index (χ0) is 8.91. The molecule has 0 radical (unpaired) electrons. The molecule has 0 saturated carbocycles. The maximum absolute atomic E-state index is 12.4. The lowest BCUT2D eigenvalue weighted by atomic mass is 10.3. The SMILES string of the molecule is CC[N+](O)(CC)CCC(C)F. The summed E-state index contributed by atoms with van der Waals surface area (Å²) < 4.78 is 12.4. The predicted molar refractivity (Wildman–Crippen MR) is 43.2 cm³/mol. The molecular weight excluding hydrogens is 145 g/mol. The third-order valence-corrected chi connectivity index (χ3v) is 2.12. The van der Waals surface area contributed by atoms with Crippen LogP contribution in [0.2, 0.25) is 0 Å². The molecule has 0 aromatic carbocycles. The van der Waals surface area contributed by atoms with E-state index in [4.69, 9.17) is 0 Å². The topological polar surface area (TPSA) is 20.2 Å². The monoisotopic (exact) mass is 164 g/mol. The summed E-state index contributed by atoms with van der Waals surface area (Å²) in [4.78, 5) is 0. The van der Waals surface area contributed by atoms with E-state index in [2.05, 4.69) is 0 Å². The highest BCUT2D eigenvalue weighted by Crippen LogP contribution is 2.05. The number of nitrogens with zero attached hydrogens (tertiary/aromatic N) is 1. The van der Waals surface area contributed by atoms with Crippen molar-refractivity contribution in [3.05, 3.63) is 0 Å². The van der Waals surface area contributed by atoms with Crippen LogP contribution in [-0.4, -0.2) is 35.7 Å². The van der Waals surface area contributed by atoms with E-state index in [1.165, 1.54) is 6.92 Å². The Hall–Kier alpha value is -0.150. The van der Waals surface area contributed by atoms with Gasteiger partial charge in [-0.15, -0.1) is 0 Å². The van der Waals surface area contributed by atoms with E-state index in [1.807, 2.05) is 13.8 Å². The first-order chi connectivity index (χ1) is 5.04. The number of hydroxylamine groups is 3. The van der Waals surface area contributed by atoms with Gasteiger partial charge in [-0.1, -0.05) is 0 Å². The van der Waals surface area contributed by atoms with Crippen molar-refractivity contribution >= 4 is 0 Å². The molecule has 11 heavy (non-hydrogen) atoms. The molecule has 0 aromatic rings. The van der Waals surface area contributed by atoms with Crippen LogP contribution in [0.3, 0.4) is 0 Å². The highest BCUT2D eigenvalue weighted by Gasteiger charge is 2.20. The maximum Gasteiger partial charge on any atom is 0.111 e. The summed E-state index contributed by atoms with van der Waals surface area (Å²) in [5, 5.41) is 9.65. The molecule has 0 aliphatic heterocycles. The minimum Gasteiger partial charge on any atom is -0.248 e. The number of halogens is 1. The molecule has 0 saturated heterocycles. The van der Waals surface area contributed by atoms with Gasteiger partial charge in [-0.05, 0) is 20.8 Å². The highest BCUT2D eigenvalue weighted by atomic mass is 19.1. The van der Waals surface area contributed by atoms with Crippen LogP contribution in [0.25, 0.3) is 0 Å². The number of alkyl halides is 1. The van der Waals surface area contributed by atoms with Gasteiger partial charge in [-0.25, -0.2) is 9.60 Å². The van der Waals surface area contributed by atoms with Crippen molar-refractivity contribution in [1.29, 1.82) is 0 Å². The van der Waals surface area contributed by atoms with Crippen LogP contribution in [0, 0.1) is 0 Å². The van der Waals surface area contributed by atoms with Crippen LogP contribution in [0.4, 0.5) is 4.39 Å². The Morgan fingerprint density at radius 1 is 1.36 bits per heavy atom. The molecule has 0 aliphatic rings. The quantitative estimate of drug-likeness (QED) is 0.486. The Balaban J connectivity index is 3.69. The fourth-order valence-electron chi connectivity index (χ4n) is 0.958. The average Bonchev–Trinajstić information content (AvgIpc) is 2.00. The van der Waals surface area contributed by atoms with Crippen molar-refractivity contribution in [3.8, 4) is 0 Å². The van der Waals surface area contributed by atoms with Gasteiger partial charge >= 0.3 is 0 Å². The molecule has 0 amide bonds. The fourth-order valence-corrected chi connectivity index (χ4v) is 0.958. The van der Waals surface area contributed by atoms with Gasteiger partial charge in [0.05, 0.1) is 0 Å². The summed E-state index contributed by atoms with van der Waals surface area (Å²) in [5.74, 6) is 0. The zero-order valence-electron chi connectivity index (χ0n) is 7.68. The van der Waals surface area contributed by atoms with Gasteiger partial charge in [0, 0.05) is 6.42 Å². The molecule has 0 aromatic heterocycles. The molecule has 0 aliphatic carbocycles. The zero-order valence-corrected chi connectivity index (χ0v) is 7.68. The Morgan fingerprint density at radius 2 is 1.82 bits per heavy atom. The average molecular weight is 164 g/mol. The second-order valence-electron chi connectivity index (χ2n) is 3.02. The van der Waals surface area contributed by atoms with Gasteiger partial charge in [0.15, 0.2) is 0 Å². The van der Waals surface area contributed by atoms with Crippen molar-refractivity contribution in [2.24, 2.45) is 0 Å². The number of hydrogen-bond acceptors (Lipinski definition) is 1. The van der Waals surface area contributed by atoms with Crippen molar-refractivity contribution in [2.75, 3.05) is 19.6 Å². The largest absolute Gasteiger partial charge is 0.248 e. The molecular formula is C8H19FNO+. The molecule has 3 heteroatoms. The second-order valence-corrected chi connectivity index (χ2v) is 3.02. The molecule has 1 atom stereocenters. The Labute approximate surface area is 68.2 Å². The van der Waals surface area contributed by atoms with Crippen LogP contribution >= 0.6 is 0 Å². The lowest BCUT2D eigenvalue weighted by Crippen LogP contribution is -2.45. The molecule has 68 valence electrons.